The van der Waals surface area contributed by atoms with Gasteiger partial charge in [-0.05, 0) is 12.1 Å². The molecule has 0 aliphatic carbocycles. The molecular weight excluding hydrogens is 200 g/mol. The second-order valence-corrected chi connectivity index (χ2v) is 2.21. The van der Waals surface area contributed by atoms with Crippen molar-refractivity contribution in [1.82, 2.24) is 0 Å². The summed E-state index contributed by atoms with van der Waals surface area (Å²) in [7, 11) is 0. The lowest BCUT2D eigenvalue weighted by atomic mass is 10.3. The molecule has 1 aromatic rings. The van der Waals surface area contributed by atoms with E-state index in [1.165, 1.54) is 6.07 Å². The Hall–Kier alpha value is -0.870. The van der Waals surface area contributed by atoms with Crippen molar-refractivity contribution in [2.75, 3.05) is 13.2 Å². The quantitative estimate of drug-likeness (QED) is 0.823. The number of ether oxygens (including phenoxy) is 1. The Morgan fingerprint density at radius 3 is 2.54 bits per heavy atom. The van der Waals surface area contributed by atoms with E-state index in [2.05, 4.69) is 0 Å². The van der Waals surface area contributed by atoms with Gasteiger partial charge in [0.1, 0.15) is 12.4 Å². The molecule has 0 bridgehead atoms. The van der Waals surface area contributed by atoms with Crippen LogP contribution in [0.25, 0.3) is 0 Å². The highest BCUT2D eigenvalue weighted by Crippen LogP contribution is 2.16. The van der Waals surface area contributed by atoms with E-state index in [-0.39, 0.29) is 24.8 Å². The van der Waals surface area contributed by atoms with E-state index in [1.807, 2.05) is 0 Å². The number of halogens is 3. The number of hydrogen-bond acceptors (Lipinski definition) is 2. The van der Waals surface area contributed by atoms with Crippen LogP contribution in [0.1, 0.15) is 0 Å². The first-order valence-electron chi connectivity index (χ1n) is 3.52. The molecule has 0 atom stereocenters. The van der Waals surface area contributed by atoms with Crippen LogP contribution in [0.5, 0.6) is 5.75 Å². The molecule has 5 heteroatoms. The summed E-state index contributed by atoms with van der Waals surface area (Å²) in [5.74, 6) is -1.29. The van der Waals surface area contributed by atoms with Gasteiger partial charge in [0, 0.05) is 12.6 Å². The van der Waals surface area contributed by atoms with Gasteiger partial charge in [-0.1, -0.05) is 0 Å². The third-order valence-electron chi connectivity index (χ3n) is 1.27. The summed E-state index contributed by atoms with van der Waals surface area (Å²) in [5.41, 5.74) is 5.13. The summed E-state index contributed by atoms with van der Waals surface area (Å²) < 4.78 is 30.0. The molecule has 0 aromatic heterocycles. The highest BCUT2D eigenvalue weighted by Gasteiger charge is 2.03. The van der Waals surface area contributed by atoms with Crippen LogP contribution in [-0.2, 0) is 0 Å². The first kappa shape index (κ1) is 12.1. The molecule has 0 heterocycles. The van der Waals surface area contributed by atoms with Crippen molar-refractivity contribution in [3.63, 3.8) is 0 Å². The normalized spacial score (nSPS) is 9.15. The largest absolute Gasteiger partial charge is 0.489 e. The van der Waals surface area contributed by atoms with Gasteiger partial charge < -0.3 is 10.5 Å². The number of benzene rings is 1. The summed E-state index contributed by atoms with van der Waals surface area (Å²) in [6, 6.07) is 3.14. The monoisotopic (exact) mass is 209 g/mol. The molecule has 0 spiro atoms. The predicted molar refractivity (Wildman–Crippen MR) is 48.2 cm³/mol. The van der Waals surface area contributed by atoms with Crippen LogP contribution in [0, 0.1) is 11.6 Å². The van der Waals surface area contributed by atoms with E-state index < -0.39 is 11.6 Å². The Morgan fingerprint density at radius 1 is 1.31 bits per heavy atom. The zero-order valence-corrected chi connectivity index (χ0v) is 7.61. The molecule has 1 aromatic carbocycles. The van der Waals surface area contributed by atoms with Crippen molar-refractivity contribution >= 4 is 12.4 Å². The van der Waals surface area contributed by atoms with E-state index in [9.17, 15) is 8.78 Å². The lowest BCUT2D eigenvalue weighted by Crippen LogP contribution is -2.11. The summed E-state index contributed by atoms with van der Waals surface area (Å²) in [5, 5.41) is 0. The van der Waals surface area contributed by atoms with Crippen LogP contribution in [0.15, 0.2) is 18.2 Å². The van der Waals surface area contributed by atoms with Crippen molar-refractivity contribution in [1.29, 1.82) is 0 Å². The zero-order chi connectivity index (χ0) is 8.97. The first-order valence-corrected chi connectivity index (χ1v) is 3.52. The predicted octanol–water partition coefficient (Wildman–Crippen LogP) is 1.72. The summed E-state index contributed by atoms with van der Waals surface area (Å²) >= 11 is 0. The lowest BCUT2D eigenvalue weighted by Gasteiger charge is -2.04. The van der Waals surface area contributed by atoms with E-state index >= 15 is 0 Å². The standard InChI is InChI=1S/C8H9F2NO.ClH/c9-6-1-2-8(7(10)5-6)12-4-3-11;/h1-2,5H,3-4,11H2;1H. The van der Waals surface area contributed by atoms with Crippen LogP contribution >= 0.6 is 12.4 Å². The van der Waals surface area contributed by atoms with Gasteiger partial charge >= 0.3 is 0 Å². The van der Waals surface area contributed by atoms with Crippen molar-refractivity contribution < 1.29 is 13.5 Å². The van der Waals surface area contributed by atoms with Crippen molar-refractivity contribution in [3.8, 4) is 5.75 Å². The van der Waals surface area contributed by atoms with Gasteiger partial charge in [0.15, 0.2) is 11.6 Å². The molecule has 0 unspecified atom stereocenters. The Bertz CT molecular complexity index is 270. The first-order chi connectivity index (χ1) is 5.74. The maximum atomic E-state index is 12.8. The van der Waals surface area contributed by atoms with Gasteiger partial charge in [-0.25, -0.2) is 8.78 Å². The minimum absolute atomic E-state index is 0. The van der Waals surface area contributed by atoms with Gasteiger partial charge in [-0.2, -0.15) is 0 Å². The molecule has 0 fully saturated rings. The molecule has 13 heavy (non-hydrogen) atoms. The van der Waals surface area contributed by atoms with Crippen LogP contribution in [-0.4, -0.2) is 13.2 Å². The number of rotatable bonds is 3. The second-order valence-electron chi connectivity index (χ2n) is 2.21. The van der Waals surface area contributed by atoms with Crippen molar-refractivity contribution in [2.45, 2.75) is 0 Å². The van der Waals surface area contributed by atoms with Crippen LogP contribution in [0.3, 0.4) is 0 Å². The van der Waals surface area contributed by atoms with Gasteiger partial charge in [0.25, 0.3) is 0 Å². The summed E-state index contributed by atoms with van der Waals surface area (Å²) in [6.07, 6.45) is 0. The minimum atomic E-state index is -0.705. The van der Waals surface area contributed by atoms with Gasteiger partial charge in [-0.15, -0.1) is 12.4 Å². The molecule has 0 saturated heterocycles. The highest BCUT2D eigenvalue weighted by molar-refractivity contribution is 5.85. The maximum absolute atomic E-state index is 12.8. The average Bonchev–Trinajstić information content (AvgIpc) is 2.03. The molecule has 0 aliphatic rings. The second kappa shape index (κ2) is 5.72. The highest BCUT2D eigenvalue weighted by atomic mass is 35.5. The fourth-order valence-electron chi connectivity index (χ4n) is 0.761. The summed E-state index contributed by atoms with van der Waals surface area (Å²) in [4.78, 5) is 0. The molecular formula is C8H10ClF2NO. The lowest BCUT2D eigenvalue weighted by molar-refractivity contribution is 0.310. The Morgan fingerprint density at radius 2 is 2.00 bits per heavy atom. The Kier molecular flexibility index (Phi) is 5.34. The molecule has 0 aliphatic heterocycles. The van der Waals surface area contributed by atoms with E-state index in [1.54, 1.807) is 0 Å². The average molecular weight is 210 g/mol. The molecule has 2 nitrogen and oxygen atoms in total. The van der Waals surface area contributed by atoms with Crippen molar-refractivity contribution in [2.24, 2.45) is 5.73 Å². The Balaban J connectivity index is 0.00000144. The molecule has 0 amide bonds. The molecule has 0 radical (unpaired) electrons. The van der Waals surface area contributed by atoms with Gasteiger partial charge in [0.2, 0.25) is 0 Å². The molecule has 2 N–H and O–H groups in total. The number of hydrogen-bond donors (Lipinski definition) is 1. The topological polar surface area (TPSA) is 35.2 Å². The zero-order valence-electron chi connectivity index (χ0n) is 6.80. The van der Waals surface area contributed by atoms with Crippen LogP contribution in [0.4, 0.5) is 8.78 Å². The fourth-order valence-corrected chi connectivity index (χ4v) is 0.761. The smallest absolute Gasteiger partial charge is 0.167 e. The van der Waals surface area contributed by atoms with E-state index in [4.69, 9.17) is 10.5 Å². The van der Waals surface area contributed by atoms with Crippen molar-refractivity contribution in [3.05, 3.63) is 29.8 Å². The minimum Gasteiger partial charge on any atom is -0.489 e. The van der Waals surface area contributed by atoms with E-state index in [0.717, 1.165) is 12.1 Å². The van der Waals surface area contributed by atoms with Crippen LogP contribution in [0.2, 0.25) is 0 Å². The fraction of sp³-hybridized carbons (Fsp3) is 0.250. The van der Waals surface area contributed by atoms with Gasteiger partial charge in [0.05, 0.1) is 0 Å². The van der Waals surface area contributed by atoms with Crippen LogP contribution < -0.4 is 10.5 Å². The third-order valence-corrected chi connectivity index (χ3v) is 1.27. The van der Waals surface area contributed by atoms with Gasteiger partial charge in [-0.3, -0.25) is 0 Å². The van der Waals surface area contributed by atoms with E-state index in [0.29, 0.717) is 6.54 Å². The number of nitrogens with two attached hydrogens (primary N) is 1. The molecule has 0 saturated carbocycles. The summed E-state index contributed by atoms with van der Waals surface area (Å²) in [6.45, 7) is 0.527. The Labute approximate surface area is 81.1 Å². The third kappa shape index (κ3) is 3.57. The SMILES string of the molecule is Cl.NCCOc1ccc(F)cc1F. The molecule has 1 rings (SSSR count). The maximum Gasteiger partial charge on any atom is 0.167 e. The molecule has 74 valence electrons.